The highest BCUT2D eigenvalue weighted by atomic mass is 35.5. The molecule has 0 aromatic carbocycles. The summed E-state index contributed by atoms with van der Waals surface area (Å²) in [5, 5.41) is 0. The highest BCUT2D eigenvalue weighted by Crippen LogP contribution is 2.38. The molecule has 0 aliphatic carbocycles. The van der Waals surface area contributed by atoms with Crippen molar-refractivity contribution in [3.63, 3.8) is 0 Å². The molecular formula is C11H24ClNO. The second-order valence-corrected chi connectivity index (χ2v) is 4.37. The smallest absolute Gasteiger partial charge is 0.224 e. The average Bonchev–Trinajstić information content (AvgIpc) is 2.84. The number of hydrogen-bond donors (Lipinski definition) is 0. The number of halogens is 1. The van der Waals surface area contributed by atoms with Crippen molar-refractivity contribution < 1.29 is 21.6 Å². The van der Waals surface area contributed by atoms with Crippen LogP contribution < -0.4 is 12.4 Å². The molecule has 0 spiro atoms. The molecule has 2 nitrogen and oxygen atoms in total. The third kappa shape index (κ3) is 2.41. The van der Waals surface area contributed by atoms with Crippen LogP contribution in [-0.4, -0.2) is 36.4 Å². The van der Waals surface area contributed by atoms with Gasteiger partial charge in [-0.3, -0.25) is 4.48 Å². The van der Waals surface area contributed by atoms with Crippen LogP contribution in [0.2, 0.25) is 0 Å². The van der Waals surface area contributed by atoms with Gasteiger partial charge in [-0.2, -0.15) is 0 Å². The molecular weight excluding hydrogens is 198 g/mol. The Morgan fingerprint density at radius 3 is 1.79 bits per heavy atom. The fraction of sp³-hybridized carbons (Fsp3) is 1.00. The molecule has 1 unspecified atom stereocenters. The SMILES string of the molecule is CCC[N+](CC)(CCC)C1(C)CO1.[Cl-]. The topological polar surface area (TPSA) is 12.5 Å². The van der Waals surface area contributed by atoms with Crippen molar-refractivity contribution in [1.82, 2.24) is 0 Å². The Morgan fingerprint density at radius 1 is 1.14 bits per heavy atom. The predicted molar refractivity (Wildman–Crippen MR) is 55.5 cm³/mol. The van der Waals surface area contributed by atoms with E-state index in [9.17, 15) is 0 Å². The predicted octanol–water partition coefficient (Wildman–Crippen LogP) is -0.606. The van der Waals surface area contributed by atoms with E-state index in [1.54, 1.807) is 0 Å². The third-order valence-corrected chi connectivity index (χ3v) is 3.47. The van der Waals surface area contributed by atoms with E-state index in [0.717, 1.165) is 6.61 Å². The van der Waals surface area contributed by atoms with Crippen molar-refractivity contribution in [2.45, 2.75) is 46.3 Å². The number of ether oxygens (including phenoxy) is 1. The Bertz CT molecular complexity index is 163. The summed E-state index contributed by atoms with van der Waals surface area (Å²) in [6.07, 6.45) is 2.51. The second kappa shape index (κ2) is 5.34. The molecule has 86 valence electrons. The maximum absolute atomic E-state index is 5.63. The monoisotopic (exact) mass is 221 g/mol. The summed E-state index contributed by atoms with van der Waals surface area (Å²) in [5.74, 6) is 0. The van der Waals surface area contributed by atoms with E-state index in [1.807, 2.05) is 0 Å². The largest absolute Gasteiger partial charge is 1.00 e. The molecule has 1 rings (SSSR count). The Kier molecular flexibility index (Phi) is 5.42. The van der Waals surface area contributed by atoms with E-state index in [-0.39, 0.29) is 18.1 Å². The van der Waals surface area contributed by atoms with Crippen molar-refractivity contribution in [3.05, 3.63) is 0 Å². The molecule has 1 saturated heterocycles. The van der Waals surface area contributed by atoms with E-state index in [0.29, 0.717) is 0 Å². The lowest BCUT2D eigenvalue weighted by Crippen LogP contribution is -3.00. The molecule has 0 bridgehead atoms. The van der Waals surface area contributed by atoms with Crippen LogP contribution in [0.4, 0.5) is 0 Å². The lowest BCUT2D eigenvalue weighted by molar-refractivity contribution is -0.968. The molecule has 0 N–H and O–H groups in total. The van der Waals surface area contributed by atoms with Crippen molar-refractivity contribution in [2.75, 3.05) is 26.2 Å². The van der Waals surface area contributed by atoms with Crippen LogP contribution in [-0.2, 0) is 4.74 Å². The fourth-order valence-electron chi connectivity index (χ4n) is 2.47. The molecule has 1 aliphatic heterocycles. The van der Waals surface area contributed by atoms with Crippen LogP contribution in [0.5, 0.6) is 0 Å². The van der Waals surface area contributed by atoms with Crippen molar-refractivity contribution >= 4 is 0 Å². The second-order valence-electron chi connectivity index (χ2n) is 4.37. The fourth-order valence-corrected chi connectivity index (χ4v) is 2.47. The molecule has 3 heteroatoms. The molecule has 0 aromatic rings. The molecule has 0 saturated carbocycles. The van der Waals surface area contributed by atoms with E-state index in [2.05, 4.69) is 27.7 Å². The van der Waals surface area contributed by atoms with Gasteiger partial charge in [0.2, 0.25) is 5.72 Å². The standard InChI is InChI=1S/C11H24NO.ClH/c1-5-8-12(7-3,9-6-2)11(4)10-13-11;/h5-10H2,1-4H3;1H/q+1;/p-1. The minimum Gasteiger partial charge on any atom is -1.00 e. The van der Waals surface area contributed by atoms with E-state index in [4.69, 9.17) is 4.74 Å². The minimum absolute atomic E-state index is 0. The lowest BCUT2D eigenvalue weighted by atomic mass is 10.1. The van der Waals surface area contributed by atoms with Crippen LogP contribution in [0.25, 0.3) is 0 Å². The number of likely N-dealkylation sites (N-methyl/N-ethyl adjacent to an activating group) is 1. The lowest BCUT2D eigenvalue weighted by Gasteiger charge is -2.41. The van der Waals surface area contributed by atoms with Gasteiger partial charge in [0.05, 0.1) is 19.6 Å². The molecule has 0 radical (unpaired) electrons. The zero-order valence-electron chi connectivity index (χ0n) is 9.98. The molecule has 1 atom stereocenters. The number of rotatable bonds is 6. The highest BCUT2D eigenvalue weighted by Gasteiger charge is 2.57. The normalized spacial score (nSPS) is 25.7. The average molecular weight is 222 g/mol. The summed E-state index contributed by atoms with van der Waals surface area (Å²) in [7, 11) is 0. The summed E-state index contributed by atoms with van der Waals surface area (Å²) in [5.41, 5.74) is 0.154. The van der Waals surface area contributed by atoms with Gasteiger partial charge >= 0.3 is 0 Å². The summed E-state index contributed by atoms with van der Waals surface area (Å²) in [6.45, 7) is 13.8. The van der Waals surface area contributed by atoms with Crippen LogP contribution in [0.3, 0.4) is 0 Å². The summed E-state index contributed by atoms with van der Waals surface area (Å²) in [4.78, 5) is 0. The first kappa shape index (κ1) is 14.2. The van der Waals surface area contributed by atoms with Crippen molar-refractivity contribution in [2.24, 2.45) is 0 Å². The van der Waals surface area contributed by atoms with Gasteiger partial charge in [0.25, 0.3) is 0 Å². The first-order chi connectivity index (χ1) is 6.14. The van der Waals surface area contributed by atoms with E-state index in [1.165, 1.54) is 37.0 Å². The van der Waals surface area contributed by atoms with Gasteiger partial charge in [-0.1, -0.05) is 13.8 Å². The Labute approximate surface area is 94.6 Å². The zero-order chi connectivity index (χ0) is 9.95. The van der Waals surface area contributed by atoms with Crippen LogP contribution >= 0.6 is 0 Å². The van der Waals surface area contributed by atoms with Gasteiger partial charge in [-0.15, -0.1) is 0 Å². The van der Waals surface area contributed by atoms with E-state index >= 15 is 0 Å². The van der Waals surface area contributed by atoms with Crippen molar-refractivity contribution in [1.29, 1.82) is 0 Å². The summed E-state index contributed by atoms with van der Waals surface area (Å²) < 4.78 is 6.80. The number of hydrogen-bond acceptors (Lipinski definition) is 1. The van der Waals surface area contributed by atoms with Gasteiger partial charge < -0.3 is 17.1 Å². The summed E-state index contributed by atoms with van der Waals surface area (Å²) in [6, 6.07) is 0. The first-order valence-corrected chi connectivity index (χ1v) is 5.64. The van der Waals surface area contributed by atoms with Gasteiger partial charge in [-0.25, -0.2) is 0 Å². The van der Waals surface area contributed by atoms with Gasteiger partial charge in [0.15, 0.2) is 0 Å². The number of nitrogens with zero attached hydrogens (tertiary/aromatic N) is 1. The molecule has 0 aromatic heterocycles. The zero-order valence-corrected chi connectivity index (χ0v) is 10.7. The maximum atomic E-state index is 5.63. The quantitative estimate of drug-likeness (QED) is 0.431. The summed E-state index contributed by atoms with van der Waals surface area (Å²) >= 11 is 0. The molecule has 0 amide bonds. The van der Waals surface area contributed by atoms with Crippen LogP contribution in [0, 0.1) is 0 Å². The molecule has 14 heavy (non-hydrogen) atoms. The maximum Gasteiger partial charge on any atom is 0.224 e. The Balaban J connectivity index is 0.00000169. The van der Waals surface area contributed by atoms with Crippen LogP contribution in [0.15, 0.2) is 0 Å². The molecule has 1 heterocycles. The van der Waals surface area contributed by atoms with Gasteiger partial charge in [-0.05, 0) is 19.8 Å². The Hall–Kier alpha value is 0.210. The number of epoxide rings is 1. The minimum atomic E-state index is 0. The molecule has 1 fully saturated rings. The highest BCUT2D eigenvalue weighted by molar-refractivity contribution is 4.77. The van der Waals surface area contributed by atoms with Crippen molar-refractivity contribution in [3.8, 4) is 0 Å². The third-order valence-electron chi connectivity index (χ3n) is 3.47. The molecule has 1 aliphatic rings. The Morgan fingerprint density at radius 2 is 1.57 bits per heavy atom. The van der Waals surface area contributed by atoms with Gasteiger partial charge in [0, 0.05) is 6.92 Å². The van der Waals surface area contributed by atoms with Crippen LogP contribution in [0.1, 0.15) is 40.5 Å². The van der Waals surface area contributed by atoms with E-state index < -0.39 is 0 Å². The number of quaternary nitrogens is 1. The first-order valence-electron chi connectivity index (χ1n) is 5.64. The van der Waals surface area contributed by atoms with Gasteiger partial charge in [0.1, 0.15) is 6.61 Å².